The molecule has 0 unspecified atom stereocenters. The van der Waals surface area contributed by atoms with Crippen LogP contribution in [-0.2, 0) is 0 Å². The molecule has 22 heavy (non-hydrogen) atoms. The Hall–Kier alpha value is -3.42. The first-order valence-corrected chi connectivity index (χ1v) is 6.13. The van der Waals surface area contributed by atoms with Gasteiger partial charge in [0.05, 0.1) is 33.4 Å². The van der Waals surface area contributed by atoms with Gasteiger partial charge in [-0.15, -0.1) is 0 Å². The molecule has 0 amide bonds. The molecule has 0 spiro atoms. The Morgan fingerprint density at radius 2 is 1.09 bits per heavy atom. The van der Waals surface area contributed by atoms with Gasteiger partial charge in [-0.25, -0.2) is 0 Å². The average Bonchev–Trinajstić information content (AvgIpc) is 2.52. The van der Waals surface area contributed by atoms with Gasteiger partial charge in [0, 0.05) is 12.1 Å². The summed E-state index contributed by atoms with van der Waals surface area (Å²) in [6.45, 7) is 0. The summed E-state index contributed by atoms with van der Waals surface area (Å²) in [5.74, 6) is 0. The van der Waals surface area contributed by atoms with Gasteiger partial charge in [0.2, 0.25) is 0 Å². The molecule has 0 atom stereocenters. The minimum Gasteiger partial charge on any atom is -0.258 e. The third-order valence-corrected chi connectivity index (χ3v) is 2.73. The molecule has 0 saturated heterocycles. The highest BCUT2D eigenvalue weighted by atomic mass is 16.6. The maximum atomic E-state index is 10.8. The fourth-order valence-corrected chi connectivity index (χ4v) is 1.72. The number of hydrogen-bond donors (Lipinski definition) is 0. The topological polar surface area (TPSA) is 111 Å². The molecule has 0 bridgehead atoms. The number of benzene rings is 2. The van der Waals surface area contributed by atoms with Crippen LogP contribution < -0.4 is 0 Å². The maximum Gasteiger partial charge on any atom is 0.278 e. The van der Waals surface area contributed by atoms with E-state index in [1.807, 2.05) is 0 Å². The lowest BCUT2D eigenvalue weighted by Gasteiger charge is -1.95. The van der Waals surface area contributed by atoms with E-state index in [2.05, 4.69) is 10.2 Å². The van der Waals surface area contributed by atoms with E-state index < -0.39 is 9.85 Å². The normalized spacial score (nSPS) is 11.1. The van der Waals surface area contributed by atoms with E-state index in [0.29, 0.717) is 11.1 Å². The zero-order valence-electron chi connectivity index (χ0n) is 11.2. The molecule has 0 aliphatic carbocycles. The van der Waals surface area contributed by atoms with Crippen LogP contribution in [0.4, 0.5) is 11.4 Å². The van der Waals surface area contributed by atoms with Gasteiger partial charge in [-0.1, -0.05) is 24.3 Å². The summed E-state index contributed by atoms with van der Waals surface area (Å²) in [6, 6.07) is 12.1. The zero-order chi connectivity index (χ0) is 15.9. The Kier molecular flexibility index (Phi) is 4.66. The van der Waals surface area contributed by atoms with E-state index in [0.717, 1.165) is 0 Å². The lowest BCUT2D eigenvalue weighted by molar-refractivity contribution is -0.385. The Morgan fingerprint density at radius 1 is 0.727 bits per heavy atom. The number of nitro groups is 2. The molecular formula is C14H10N4O4. The fourth-order valence-electron chi connectivity index (χ4n) is 1.72. The van der Waals surface area contributed by atoms with E-state index in [1.165, 1.54) is 36.7 Å². The first-order valence-electron chi connectivity index (χ1n) is 6.13. The van der Waals surface area contributed by atoms with Crippen molar-refractivity contribution in [3.63, 3.8) is 0 Å². The van der Waals surface area contributed by atoms with Crippen LogP contribution in [0.25, 0.3) is 0 Å². The Labute approximate surface area is 124 Å². The molecule has 2 aromatic rings. The molecular weight excluding hydrogens is 288 g/mol. The molecule has 0 aliphatic rings. The van der Waals surface area contributed by atoms with Gasteiger partial charge in [-0.3, -0.25) is 20.2 Å². The van der Waals surface area contributed by atoms with Crippen LogP contribution in [0.2, 0.25) is 0 Å². The molecule has 0 N–H and O–H groups in total. The minimum atomic E-state index is -0.521. The number of nitrogens with zero attached hydrogens (tertiary/aromatic N) is 4. The molecule has 110 valence electrons. The second-order valence-corrected chi connectivity index (χ2v) is 4.12. The number of rotatable bonds is 5. The Bertz CT molecular complexity index is 705. The summed E-state index contributed by atoms with van der Waals surface area (Å²) in [7, 11) is 0. The van der Waals surface area contributed by atoms with E-state index in [1.54, 1.807) is 24.3 Å². The second kappa shape index (κ2) is 6.84. The number of hydrogen-bond acceptors (Lipinski definition) is 6. The van der Waals surface area contributed by atoms with Gasteiger partial charge in [-0.05, 0) is 12.1 Å². The van der Waals surface area contributed by atoms with Crippen molar-refractivity contribution in [3.8, 4) is 0 Å². The highest BCUT2D eigenvalue weighted by Crippen LogP contribution is 2.16. The molecule has 2 rings (SSSR count). The van der Waals surface area contributed by atoms with Gasteiger partial charge in [0.15, 0.2) is 0 Å². The van der Waals surface area contributed by atoms with Crippen LogP contribution in [-0.4, -0.2) is 22.3 Å². The summed E-state index contributed by atoms with van der Waals surface area (Å²) in [6.07, 6.45) is 2.45. The van der Waals surface area contributed by atoms with Crippen LogP contribution in [0.1, 0.15) is 11.1 Å². The van der Waals surface area contributed by atoms with Crippen LogP contribution in [0.3, 0.4) is 0 Å². The summed E-state index contributed by atoms with van der Waals surface area (Å²) in [5, 5.41) is 29.0. The fraction of sp³-hybridized carbons (Fsp3) is 0. The van der Waals surface area contributed by atoms with Crippen LogP contribution >= 0.6 is 0 Å². The summed E-state index contributed by atoms with van der Waals surface area (Å²) < 4.78 is 0. The smallest absolute Gasteiger partial charge is 0.258 e. The largest absolute Gasteiger partial charge is 0.278 e. The molecule has 2 aromatic carbocycles. The molecule has 0 fully saturated rings. The predicted molar refractivity (Wildman–Crippen MR) is 81.4 cm³/mol. The molecule has 0 heterocycles. The average molecular weight is 298 g/mol. The van der Waals surface area contributed by atoms with Gasteiger partial charge < -0.3 is 0 Å². The van der Waals surface area contributed by atoms with Gasteiger partial charge in [0.25, 0.3) is 11.4 Å². The molecule has 8 nitrogen and oxygen atoms in total. The molecule has 0 radical (unpaired) electrons. The van der Waals surface area contributed by atoms with Crippen molar-refractivity contribution in [2.24, 2.45) is 10.2 Å². The predicted octanol–water partition coefficient (Wildman–Crippen LogP) is 2.96. The van der Waals surface area contributed by atoms with E-state index in [-0.39, 0.29) is 11.4 Å². The van der Waals surface area contributed by atoms with Crippen LogP contribution in [0, 0.1) is 20.2 Å². The van der Waals surface area contributed by atoms with Crippen molar-refractivity contribution < 1.29 is 9.85 Å². The minimum absolute atomic E-state index is 0.0906. The summed E-state index contributed by atoms with van der Waals surface area (Å²) >= 11 is 0. The van der Waals surface area contributed by atoms with Crippen molar-refractivity contribution in [3.05, 3.63) is 79.9 Å². The first kappa shape index (κ1) is 15.0. The molecule has 0 saturated carbocycles. The van der Waals surface area contributed by atoms with E-state index in [4.69, 9.17) is 0 Å². The molecule has 8 heteroatoms. The van der Waals surface area contributed by atoms with Crippen molar-refractivity contribution in [1.29, 1.82) is 0 Å². The Balaban J connectivity index is 2.20. The lowest BCUT2D eigenvalue weighted by Crippen LogP contribution is -1.94. The van der Waals surface area contributed by atoms with E-state index >= 15 is 0 Å². The first-order chi connectivity index (χ1) is 10.6. The van der Waals surface area contributed by atoms with Crippen LogP contribution in [0.15, 0.2) is 58.7 Å². The quantitative estimate of drug-likeness (QED) is 0.480. The molecule has 0 aliphatic heterocycles. The number of para-hydroxylation sites is 2. The van der Waals surface area contributed by atoms with Crippen molar-refractivity contribution in [2.45, 2.75) is 0 Å². The highest BCUT2D eigenvalue weighted by Gasteiger charge is 2.10. The number of nitro benzene ring substituents is 2. The van der Waals surface area contributed by atoms with Crippen molar-refractivity contribution in [2.75, 3.05) is 0 Å². The van der Waals surface area contributed by atoms with Crippen LogP contribution in [0.5, 0.6) is 0 Å². The van der Waals surface area contributed by atoms with Gasteiger partial charge in [0.1, 0.15) is 0 Å². The lowest BCUT2D eigenvalue weighted by atomic mass is 10.2. The molecule has 0 aromatic heterocycles. The maximum absolute atomic E-state index is 10.8. The highest BCUT2D eigenvalue weighted by molar-refractivity contribution is 5.87. The monoisotopic (exact) mass is 298 g/mol. The van der Waals surface area contributed by atoms with Gasteiger partial charge in [-0.2, -0.15) is 10.2 Å². The second-order valence-electron chi connectivity index (χ2n) is 4.12. The van der Waals surface area contributed by atoms with Gasteiger partial charge >= 0.3 is 0 Å². The standard InChI is InChI=1S/C14H10N4O4/c19-17(20)13-7-3-1-5-11(13)9-15-16-10-12-6-2-4-8-14(12)18(21)22/h1-10H. The summed E-state index contributed by atoms with van der Waals surface area (Å²) in [5.41, 5.74) is 0.415. The Morgan fingerprint density at radius 3 is 1.45 bits per heavy atom. The van der Waals surface area contributed by atoms with E-state index in [9.17, 15) is 20.2 Å². The summed E-state index contributed by atoms with van der Waals surface area (Å²) in [4.78, 5) is 20.6. The third-order valence-electron chi connectivity index (χ3n) is 2.73. The van der Waals surface area contributed by atoms with Crippen molar-refractivity contribution >= 4 is 23.8 Å². The third kappa shape index (κ3) is 3.57. The van der Waals surface area contributed by atoms with Crippen molar-refractivity contribution in [1.82, 2.24) is 0 Å². The zero-order valence-corrected chi connectivity index (χ0v) is 11.2. The SMILES string of the molecule is O=[N+]([O-])c1ccccc1C=NN=Cc1ccccc1[N+](=O)[O-].